The van der Waals surface area contributed by atoms with E-state index in [0.29, 0.717) is 0 Å². The summed E-state index contributed by atoms with van der Waals surface area (Å²) in [5.41, 5.74) is 0. The maximum atomic E-state index is 2.52. The van der Waals surface area contributed by atoms with Crippen molar-refractivity contribution in [1.82, 2.24) is 0 Å². The largest absolute Gasteiger partial charge is 0.152 e. The fourth-order valence-electron chi connectivity index (χ4n) is 3.15. The monoisotopic (exact) mass is 356 g/mol. The van der Waals surface area contributed by atoms with Gasteiger partial charge >= 0.3 is 0 Å². The second kappa shape index (κ2) is 7.78. The molecule has 0 spiro atoms. The van der Waals surface area contributed by atoms with Crippen molar-refractivity contribution in [2.24, 2.45) is 0 Å². The van der Waals surface area contributed by atoms with Crippen LogP contribution in [0.25, 0.3) is 0 Å². The van der Waals surface area contributed by atoms with Gasteiger partial charge < -0.3 is 0 Å². The molecule has 3 heteroatoms. The third-order valence-corrected chi connectivity index (χ3v) is 12.9. The van der Waals surface area contributed by atoms with E-state index in [-0.39, 0.29) is 0 Å². The summed E-state index contributed by atoms with van der Waals surface area (Å²) in [6.45, 7) is 4.82. The van der Waals surface area contributed by atoms with E-state index in [1.165, 1.54) is 23.2 Å². The summed E-state index contributed by atoms with van der Waals surface area (Å²) >= 11 is 4.25. The molecule has 0 aromatic heterocycles. The molecule has 1 atom stereocenters. The maximum Gasteiger partial charge on any atom is 0.152 e. The summed E-state index contributed by atoms with van der Waals surface area (Å²) in [7, 11) is -1.86. The van der Waals surface area contributed by atoms with Gasteiger partial charge in [0.1, 0.15) is 0 Å². The third kappa shape index (κ3) is 3.62. The standard InChI is InChI=1S/C20H24S2Si/c1-3-10-19-21-16-15-20(22-19)23(2,17-11-6-4-7-12-17)18-13-8-5-9-14-18/h4-9,11-15,19H,3,10,16H2,1-2H3. The van der Waals surface area contributed by atoms with Crippen LogP contribution in [0.5, 0.6) is 0 Å². The molecule has 3 rings (SSSR count). The molecule has 0 radical (unpaired) electrons. The summed E-state index contributed by atoms with van der Waals surface area (Å²) in [5, 5.41) is 3.04. The van der Waals surface area contributed by atoms with Crippen molar-refractivity contribution in [3.05, 3.63) is 71.3 Å². The lowest BCUT2D eigenvalue weighted by Crippen LogP contribution is -2.57. The van der Waals surface area contributed by atoms with Crippen LogP contribution in [0.15, 0.2) is 71.3 Å². The topological polar surface area (TPSA) is 0 Å². The molecule has 1 heterocycles. The van der Waals surface area contributed by atoms with Gasteiger partial charge in [-0.15, -0.1) is 23.5 Å². The summed E-state index contributed by atoms with van der Waals surface area (Å²) in [6.07, 6.45) is 5.08. The highest BCUT2D eigenvalue weighted by Gasteiger charge is 2.38. The van der Waals surface area contributed by atoms with Crippen LogP contribution in [-0.2, 0) is 0 Å². The smallest absolute Gasteiger partial charge is 0.143 e. The van der Waals surface area contributed by atoms with Crippen molar-refractivity contribution in [2.45, 2.75) is 30.9 Å². The lowest BCUT2D eigenvalue weighted by Gasteiger charge is -2.35. The molecule has 0 N–H and O–H groups in total. The molecule has 0 fully saturated rings. The number of hydrogen-bond donors (Lipinski definition) is 0. The molecule has 1 aliphatic rings. The lowest BCUT2D eigenvalue weighted by atomic mass is 10.4. The van der Waals surface area contributed by atoms with Crippen LogP contribution in [0.2, 0.25) is 6.55 Å². The molecule has 0 saturated carbocycles. The summed E-state index contributed by atoms with van der Waals surface area (Å²) in [6, 6.07) is 22.3. The Labute approximate surface area is 149 Å². The van der Waals surface area contributed by atoms with Gasteiger partial charge in [0, 0.05) is 5.75 Å². The normalized spacial score (nSPS) is 18.5. The first-order chi connectivity index (χ1) is 11.2. The molecular weight excluding hydrogens is 332 g/mol. The predicted octanol–water partition coefficient (Wildman–Crippen LogP) is 4.91. The Morgan fingerprint density at radius 2 is 1.52 bits per heavy atom. The van der Waals surface area contributed by atoms with E-state index in [4.69, 9.17) is 0 Å². The molecule has 120 valence electrons. The van der Waals surface area contributed by atoms with Gasteiger partial charge in [0.05, 0.1) is 4.58 Å². The minimum atomic E-state index is -1.86. The third-order valence-electron chi connectivity index (χ3n) is 4.53. The highest BCUT2D eigenvalue weighted by molar-refractivity contribution is 8.20. The van der Waals surface area contributed by atoms with Crippen LogP contribution in [0.1, 0.15) is 19.8 Å². The maximum absolute atomic E-state index is 2.52. The average molecular weight is 357 g/mol. The van der Waals surface area contributed by atoms with E-state index in [0.717, 1.165) is 10.3 Å². The van der Waals surface area contributed by atoms with E-state index >= 15 is 0 Å². The molecule has 23 heavy (non-hydrogen) atoms. The van der Waals surface area contributed by atoms with Crippen LogP contribution < -0.4 is 10.4 Å². The lowest BCUT2D eigenvalue weighted by molar-refractivity contribution is 0.871. The molecule has 2 aromatic carbocycles. The Hall–Kier alpha value is -0.903. The Bertz CT molecular complexity index is 612. The summed E-state index contributed by atoms with van der Waals surface area (Å²) in [4.78, 5) is 0. The van der Waals surface area contributed by atoms with Gasteiger partial charge in [-0.1, -0.05) is 86.6 Å². The zero-order valence-corrected chi connectivity index (χ0v) is 16.5. The van der Waals surface area contributed by atoms with Crippen molar-refractivity contribution in [2.75, 3.05) is 5.75 Å². The fourth-order valence-corrected chi connectivity index (χ4v) is 11.4. The first-order valence-electron chi connectivity index (χ1n) is 8.35. The molecule has 0 amide bonds. The number of thioether (sulfide) groups is 2. The van der Waals surface area contributed by atoms with Gasteiger partial charge in [-0.3, -0.25) is 0 Å². The minimum Gasteiger partial charge on any atom is -0.143 e. The highest BCUT2D eigenvalue weighted by Crippen LogP contribution is 2.41. The molecule has 0 nitrogen and oxygen atoms in total. The molecule has 1 unspecified atom stereocenters. The molecule has 0 aliphatic carbocycles. The number of benzene rings is 2. The van der Waals surface area contributed by atoms with E-state index in [1.807, 2.05) is 0 Å². The van der Waals surface area contributed by atoms with Crippen molar-refractivity contribution in [1.29, 1.82) is 0 Å². The Kier molecular flexibility index (Phi) is 5.73. The van der Waals surface area contributed by atoms with Gasteiger partial charge in [-0.2, -0.15) is 0 Å². The van der Waals surface area contributed by atoms with E-state index in [1.54, 1.807) is 4.53 Å². The molecule has 0 bridgehead atoms. The second-order valence-corrected chi connectivity index (χ2v) is 13.2. The Balaban J connectivity index is 2.05. The second-order valence-electron chi connectivity index (χ2n) is 6.09. The van der Waals surface area contributed by atoms with Crippen molar-refractivity contribution in [3.8, 4) is 0 Å². The van der Waals surface area contributed by atoms with Crippen molar-refractivity contribution in [3.63, 3.8) is 0 Å². The first-order valence-corrected chi connectivity index (χ1v) is 12.8. The molecule has 0 saturated heterocycles. The highest BCUT2D eigenvalue weighted by atomic mass is 32.2. The SMILES string of the molecule is CCCC1SCC=C([Si](C)(c2ccccc2)c2ccccc2)S1. The van der Waals surface area contributed by atoms with Crippen molar-refractivity contribution >= 4 is 42.0 Å². The Morgan fingerprint density at radius 3 is 2.04 bits per heavy atom. The van der Waals surface area contributed by atoms with E-state index < -0.39 is 8.07 Å². The van der Waals surface area contributed by atoms with Gasteiger partial charge in [-0.25, -0.2) is 0 Å². The first kappa shape index (κ1) is 16.9. The van der Waals surface area contributed by atoms with Gasteiger partial charge in [0.15, 0.2) is 8.07 Å². The zero-order chi connectivity index (χ0) is 16.1. The van der Waals surface area contributed by atoms with E-state index in [9.17, 15) is 0 Å². The van der Waals surface area contributed by atoms with Crippen LogP contribution in [0.4, 0.5) is 0 Å². The fraction of sp³-hybridized carbons (Fsp3) is 0.300. The minimum absolute atomic E-state index is 0.722. The quantitative estimate of drug-likeness (QED) is 0.698. The Morgan fingerprint density at radius 1 is 0.957 bits per heavy atom. The zero-order valence-electron chi connectivity index (χ0n) is 13.9. The van der Waals surface area contributed by atoms with Crippen LogP contribution >= 0.6 is 23.5 Å². The summed E-state index contributed by atoms with van der Waals surface area (Å²) < 4.78 is 2.37. The van der Waals surface area contributed by atoms with Crippen LogP contribution in [0, 0.1) is 0 Å². The molecular formula is C20H24S2Si. The molecule has 1 aliphatic heterocycles. The average Bonchev–Trinajstić information content (AvgIpc) is 2.63. The predicted molar refractivity (Wildman–Crippen MR) is 111 cm³/mol. The van der Waals surface area contributed by atoms with Gasteiger partial charge in [0.2, 0.25) is 0 Å². The van der Waals surface area contributed by atoms with E-state index in [2.05, 4.69) is 104 Å². The number of rotatable bonds is 5. The van der Waals surface area contributed by atoms with Crippen LogP contribution in [0.3, 0.4) is 0 Å². The van der Waals surface area contributed by atoms with Gasteiger partial charge in [-0.05, 0) is 21.3 Å². The van der Waals surface area contributed by atoms with Gasteiger partial charge in [0.25, 0.3) is 0 Å². The van der Waals surface area contributed by atoms with Crippen LogP contribution in [-0.4, -0.2) is 18.4 Å². The molecule has 2 aromatic rings. The van der Waals surface area contributed by atoms with Crippen molar-refractivity contribution < 1.29 is 0 Å². The number of hydrogen-bond acceptors (Lipinski definition) is 2. The summed E-state index contributed by atoms with van der Waals surface area (Å²) in [5.74, 6) is 1.16.